The third-order valence-electron chi connectivity index (χ3n) is 2.57. The van der Waals surface area contributed by atoms with E-state index in [-0.39, 0.29) is 0 Å². The van der Waals surface area contributed by atoms with Crippen molar-refractivity contribution in [3.05, 3.63) is 20.8 Å². The minimum Gasteiger partial charge on any atom is -0.327 e. The van der Waals surface area contributed by atoms with Gasteiger partial charge in [-0.2, -0.15) is 0 Å². The van der Waals surface area contributed by atoms with Crippen LogP contribution >= 0.6 is 27.3 Å². The summed E-state index contributed by atoms with van der Waals surface area (Å²) in [4.78, 5) is 2.45. The Morgan fingerprint density at radius 2 is 2.50 bits per heavy atom. The molecule has 2 N–H and O–H groups in total. The van der Waals surface area contributed by atoms with Gasteiger partial charge in [0.15, 0.2) is 0 Å². The lowest BCUT2D eigenvalue weighted by Crippen LogP contribution is -2.42. The van der Waals surface area contributed by atoms with Crippen LogP contribution in [0.4, 0.5) is 0 Å². The monoisotopic (exact) mass is 274 g/mol. The van der Waals surface area contributed by atoms with Gasteiger partial charge in [-0.15, -0.1) is 11.3 Å². The highest BCUT2D eigenvalue weighted by molar-refractivity contribution is 9.11. The van der Waals surface area contributed by atoms with Gasteiger partial charge in [0, 0.05) is 19.1 Å². The van der Waals surface area contributed by atoms with Crippen LogP contribution in [-0.2, 0) is 6.54 Å². The molecule has 1 aliphatic heterocycles. The van der Waals surface area contributed by atoms with E-state index in [0.717, 1.165) is 13.1 Å². The van der Waals surface area contributed by atoms with Crippen LogP contribution in [0.3, 0.4) is 0 Å². The normalized spacial score (nSPS) is 24.0. The van der Waals surface area contributed by atoms with Gasteiger partial charge in [0.1, 0.15) is 0 Å². The lowest BCUT2D eigenvalue weighted by molar-refractivity contribution is 0.202. The minimum absolute atomic E-state index is 0.380. The summed E-state index contributed by atoms with van der Waals surface area (Å²) in [6.07, 6.45) is 2.43. The first-order valence-corrected chi connectivity index (χ1v) is 6.62. The Morgan fingerprint density at radius 3 is 3.14 bits per heavy atom. The van der Waals surface area contributed by atoms with Crippen LogP contribution in [0.2, 0.25) is 0 Å². The molecule has 0 unspecified atom stereocenters. The van der Waals surface area contributed by atoms with Gasteiger partial charge in [0.25, 0.3) is 0 Å². The van der Waals surface area contributed by atoms with Gasteiger partial charge in [-0.25, -0.2) is 0 Å². The second-order valence-electron chi connectivity index (χ2n) is 3.90. The first-order chi connectivity index (χ1) is 6.74. The zero-order valence-corrected chi connectivity index (χ0v) is 10.5. The van der Waals surface area contributed by atoms with Crippen LogP contribution in [0, 0.1) is 0 Å². The van der Waals surface area contributed by atoms with E-state index in [9.17, 15) is 0 Å². The fourth-order valence-electron chi connectivity index (χ4n) is 1.92. The van der Waals surface area contributed by atoms with E-state index in [2.05, 4.69) is 32.3 Å². The molecule has 2 heterocycles. The van der Waals surface area contributed by atoms with Crippen molar-refractivity contribution >= 4 is 27.3 Å². The zero-order valence-electron chi connectivity index (χ0n) is 8.08. The maximum atomic E-state index is 5.94. The van der Waals surface area contributed by atoms with Crippen LogP contribution in [0.25, 0.3) is 0 Å². The van der Waals surface area contributed by atoms with Crippen molar-refractivity contribution in [1.29, 1.82) is 0 Å². The predicted octanol–water partition coefficient (Wildman–Crippen LogP) is 2.43. The zero-order chi connectivity index (χ0) is 9.97. The summed E-state index contributed by atoms with van der Waals surface area (Å²) < 4.78 is 1.22. The number of hydrogen-bond donors (Lipinski definition) is 1. The largest absolute Gasteiger partial charge is 0.327 e. The summed E-state index contributed by atoms with van der Waals surface area (Å²) in [5.74, 6) is 0. The number of nitrogens with two attached hydrogens (primary N) is 1. The highest BCUT2D eigenvalue weighted by Crippen LogP contribution is 2.22. The van der Waals surface area contributed by atoms with Gasteiger partial charge in [-0.05, 0) is 52.3 Å². The summed E-state index contributed by atoms with van der Waals surface area (Å²) >= 11 is 5.24. The van der Waals surface area contributed by atoms with Gasteiger partial charge in [-0.3, -0.25) is 4.90 Å². The Balaban J connectivity index is 1.90. The highest BCUT2D eigenvalue weighted by Gasteiger charge is 2.16. The number of piperidine rings is 1. The van der Waals surface area contributed by atoms with E-state index in [4.69, 9.17) is 5.73 Å². The molecule has 0 spiro atoms. The maximum absolute atomic E-state index is 5.94. The van der Waals surface area contributed by atoms with Crippen molar-refractivity contribution < 1.29 is 0 Å². The summed E-state index contributed by atoms with van der Waals surface area (Å²) in [6, 6.07) is 2.58. The van der Waals surface area contributed by atoms with Crippen LogP contribution < -0.4 is 5.73 Å². The molecule has 0 bridgehead atoms. The third-order valence-corrected chi connectivity index (χ3v) is 4.12. The molecule has 0 aromatic carbocycles. The Morgan fingerprint density at radius 1 is 1.64 bits per heavy atom. The van der Waals surface area contributed by atoms with E-state index in [1.54, 1.807) is 11.3 Å². The number of likely N-dealkylation sites (tertiary alicyclic amines) is 1. The van der Waals surface area contributed by atoms with Gasteiger partial charge in [0.2, 0.25) is 0 Å². The Hall–Kier alpha value is 0.100. The molecule has 2 nitrogen and oxygen atoms in total. The minimum atomic E-state index is 0.380. The number of halogens is 1. The summed E-state index contributed by atoms with van der Waals surface area (Å²) in [5.41, 5.74) is 7.33. The number of thiophene rings is 1. The summed E-state index contributed by atoms with van der Waals surface area (Å²) in [6.45, 7) is 3.30. The van der Waals surface area contributed by atoms with Crippen molar-refractivity contribution in [3.63, 3.8) is 0 Å². The molecule has 1 aliphatic rings. The van der Waals surface area contributed by atoms with Crippen molar-refractivity contribution in [1.82, 2.24) is 4.90 Å². The molecule has 0 amide bonds. The lowest BCUT2D eigenvalue weighted by Gasteiger charge is -2.30. The van der Waals surface area contributed by atoms with E-state index in [1.807, 2.05) is 0 Å². The van der Waals surface area contributed by atoms with E-state index < -0.39 is 0 Å². The average Bonchev–Trinajstić information content (AvgIpc) is 2.51. The van der Waals surface area contributed by atoms with E-state index in [1.165, 1.54) is 28.7 Å². The third kappa shape index (κ3) is 2.79. The highest BCUT2D eigenvalue weighted by atomic mass is 79.9. The second-order valence-corrected chi connectivity index (χ2v) is 6.19. The van der Waals surface area contributed by atoms with Crippen molar-refractivity contribution in [3.8, 4) is 0 Å². The number of nitrogens with zero attached hydrogens (tertiary/aromatic N) is 1. The van der Waals surface area contributed by atoms with Crippen LogP contribution in [0.15, 0.2) is 15.2 Å². The van der Waals surface area contributed by atoms with Crippen molar-refractivity contribution in [2.24, 2.45) is 5.73 Å². The van der Waals surface area contributed by atoms with Gasteiger partial charge in [-0.1, -0.05) is 0 Å². The molecule has 4 heteroatoms. The molecule has 1 saturated heterocycles. The van der Waals surface area contributed by atoms with Gasteiger partial charge in [0.05, 0.1) is 3.79 Å². The molecular formula is C10H15BrN2S. The van der Waals surface area contributed by atoms with Crippen LogP contribution in [-0.4, -0.2) is 24.0 Å². The van der Waals surface area contributed by atoms with Crippen molar-refractivity contribution in [2.45, 2.75) is 25.4 Å². The average molecular weight is 275 g/mol. The van der Waals surface area contributed by atoms with E-state index in [0.29, 0.717) is 6.04 Å². The summed E-state index contributed by atoms with van der Waals surface area (Å²) in [7, 11) is 0. The topological polar surface area (TPSA) is 29.3 Å². The molecule has 0 aliphatic carbocycles. The Bertz CT molecular complexity index is 300. The predicted molar refractivity (Wildman–Crippen MR) is 64.5 cm³/mol. The first kappa shape index (κ1) is 10.6. The molecule has 78 valence electrons. The first-order valence-electron chi connectivity index (χ1n) is 4.95. The number of hydrogen-bond acceptors (Lipinski definition) is 3. The molecular weight excluding hydrogens is 260 g/mol. The summed E-state index contributed by atoms with van der Waals surface area (Å²) in [5, 5.41) is 2.21. The van der Waals surface area contributed by atoms with Gasteiger partial charge < -0.3 is 5.73 Å². The molecule has 2 rings (SSSR count). The molecule has 1 fully saturated rings. The SMILES string of the molecule is N[C@@H]1CCCN(Cc2csc(Br)c2)C1. The molecule has 1 aromatic heterocycles. The smallest absolute Gasteiger partial charge is 0.0701 e. The fourth-order valence-corrected chi connectivity index (χ4v) is 3.12. The lowest BCUT2D eigenvalue weighted by atomic mass is 10.1. The van der Waals surface area contributed by atoms with Crippen molar-refractivity contribution in [2.75, 3.05) is 13.1 Å². The maximum Gasteiger partial charge on any atom is 0.0701 e. The van der Waals surface area contributed by atoms with E-state index >= 15 is 0 Å². The standard InChI is InChI=1S/C10H15BrN2S/c11-10-4-8(7-14-10)5-13-3-1-2-9(12)6-13/h4,7,9H,1-3,5-6,12H2/t9-/m1/s1. The Labute approximate surface area is 97.2 Å². The molecule has 14 heavy (non-hydrogen) atoms. The number of rotatable bonds is 2. The molecule has 0 radical (unpaired) electrons. The molecule has 1 aromatic rings. The van der Waals surface area contributed by atoms with Gasteiger partial charge >= 0.3 is 0 Å². The van der Waals surface area contributed by atoms with Crippen LogP contribution in [0.5, 0.6) is 0 Å². The molecule has 0 saturated carbocycles. The van der Waals surface area contributed by atoms with Crippen LogP contribution in [0.1, 0.15) is 18.4 Å². The second kappa shape index (κ2) is 4.75. The molecule has 1 atom stereocenters. The fraction of sp³-hybridized carbons (Fsp3) is 0.600. The quantitative estimate of drug-likeness (QED) is 0.898. The Kier molecular flexibility index (Phi) is 3.60.